The number of hydrogen-bond acceptors (Lipinski definition) is 7. The fraction of sp³-hybridized carbons (Fsp3) is 0.433. The summed E-state index contributed by atoms with van der Waals surface area (Å²) in [4.78, 5) is 21.1. The number of imidazole rings is 1. The molecule has 2 atom stereocenters. The van der Waals surface area contributed by atoms with Gasteiger partial charge in [0.05, 0.1) is 24.3 Å². The van der Waals surface area contributed by atoms with E-state index >= 15 is 0 Å². The van der Waals surface area contributed by atoms with E-state index in [0.29, 0.717) is 42.0 Å². The molecule has 1 aliphatic heterocycles. The van der Waals surface area contributed by atoms with Crippen LogP contribution in [0.15, 0.2) is 48.8 Å². The molecule has 39 heavy (non-hydrogen) atoms. The Hall–Kier alpha value is -3.54. The molecule has 1 aliphatic carbocycles. The number of morpholine rings is 1. The molecule has 3 aromatic heterocycles. The standard InChI is InChI=1S/C30H32ClN7O/c1-19-8-10-21(11-9-19)20(2)38-28-27(23-14-24(31)17-33-16-23)34-26(15-32)35-29(28)36-30(38)37-12-13-39-18-25(37)22-6-4-3-5-7-22/h3-7,14,16-17,19-21,25H,8-13,18H2,1-2H3/t19?,20?,21?,25-/m0/s1. The molecule has 2 aliphatic rings. The third-order valence-electron chi connectivity index (χ3n) is 8.33. The fourth-order valence-electron chi connectivity index (χ4n) is 6.15. The second-order valence-corrected chi connectivity index (χ2v) is 11.2. The van der Waals surface area contributed by atoms with Gasteiger partial charge >= 0.3 is 0 Å². The highest BCUT2D eigenvalue weighted by Gasteiger charge is 2.34. The van der Waals surface area contributed by atoms with Gasteiger partial charge in [0.2, 0.25) is 11.8 Å². The van der Waals surface area contributed by atoms with Crippen molar-refractivity contribution in [1.82, 2.24) is 24.5 Å². The van der Waals surface area contributed by atoms with Crippen LogP contribution in [0.4, 0.5) is 5.95 Å². The van der Waals surface area contributed by atoms with Gasteiger partial charge in [-0.3, -0.25) is 4.98 Å². The lowest BCUT2D eigenvalue weighted by molar-refractivity contribution is 0.0924. The first-order valence-electron chi connectivity index (χ1n) is 13.7. The number of halogens is 1. The monoisotopic (exact) mass is 541 g/mol. The lowest BCUT2D eigenvalue weighted by Gasteiger charge is -2.39. The van der Waals surface area contributed by atoms with Crippen LogP contribution < -0.4 is 4.90 Å². The third kappa shape index (κ3) is 4.97. The normalized spacial score (nSPS) is 22.5. The lowest BCUT2D eigenvalue weighted by Crippen LogP contribution is -2.41. The molecule has 8 nitrogen and oxygen atoms in total. The minimum atomic E-state index is 0.00812. The molecule has 0 radical (unpaired) electrons. The Morgan fingerprint density at radius 3 is 2.62 bits per heavy atom. The first-order valence-corrected chi connectivity index (χ1v) is 14.1. The van der Waals surface area contributed by atoms with Crippen molar-refractivity contribution in [3.8, 4) is 17.3 Å². The topological polar surface area (TPSA) is 92.8 Å². The van der Waals surface area contributed by atoms with E-state index in [2.05, 4.69) is 63.6 Å². The van der Waals surface area contributed by atoms with Crippen LogP contribution in [0.25, 0.3) is 22.4 Å². The molecule has 0 spiro atoms. The smallest absolute Gasteiger partial charge is 0.234 e. The van der Waals surface area contributed by atoms with Gasteiger partial charge in [0, 0.05) is 30.5 Å². The molecule has 1 saturated carbocycles. The largest absolute Gasteiger partial charge is 0.377 e. The predicted molar refractivity (Wildman–Crippen MR) is 151 cm³/mol. The summed E-state index contributed by atoms with van der Waals surface area (Å²) in [5.74, 6) is 2.17. The Kier molecular flexibility index (Phi) is 7.20. The number of rotatable bonds is 5. The van der Waals surface area contributed by atoms with Crippen LogP contribution in [-0.4, -0.2) is 44.3 Å². The maximum absolute atomic E-state index is 9.80. The van der Waals surface area contributed by atoms with Gasteiger partial charge in [0.1, 0.15) is 17.3 Å². The zero-order valence-electron chi connectivity index (χ0n) is 22.3. The molecule has 4 aromatic rings. The Balaban J connectivity index is 1.58. The van der Waals surface area contributed by atoms with Crippen molar-refractivity contribution in [1.29, 1.82) is 5.26 Å². The first-order chi connectivity index (χ1) is 19.0. The highest BCUT2D eigenvalue weighted by atomic mass is 35.5. The molecule has 4 heterocycles. The van der Waals surface area contributed by atoms with Crippen molar-refractivity contribution in [2.24, 2.45) is 11.8 Å². The summed E-state index contributed by atoms with van der Waals surface area (Å²) < 4.78 is 8.29. The summed E-state index contributed by atoms with van der Waals surface area (Å²) in [6.07, 6.45) is 8.11. The van der Waals surface area contributed by atoms with Gasteiger partial charge in [-0.05, 0) is 43.2 Å². The van der Waals surface area contributed by atoms with Crippen molar-refractivity contribution in [3.05, 3.63) is 65.2 Å². The van der Waals surface area contributed by atoms with Crippen molar-refractivity contribution >= 4 is 28.7 Å². The van der Waals surface area contributed by atoms with Gasteiger partial charge in [-0.2, -0.15) is 15.2 Å². The molecule has 6 rings (SSSR count). The van der Waals surface area contributed by atoms with E-state index in [1.165, 1.54) is 18.4 Å². The van der Waals surface area contributed by atoms with Crippen LogP contribution in [-0.2, 0) is 4.74 Å². The first kappa shape index (κ1) is 25.7. The number of nitriles is 1. The average molecular weight is 542 g/mol. The molecule has 1 unspecified atom stereocenters. The number of nitrogens with zero attached hydrogens (tertiary/aromatic N) is 7. The Labute approximate surface area is 233 Å². The molecule has 0 bridgehead atoms. The summed E-state index contributed by atoms with van der Waals surface area (Å²) >= 11 is 6.36. The summed E-state index contributed by atoms with van der Waals surface area (Å²) in [6, 6.07) is 14.6. The molecule has 1 aromatic carbocycles. The van der Waals surface area contributed by atoms with Gasteiger partial charge in [-0.15, -0.1) is 0 Å². The number of hydrogen-bond donors (Lipinski definition) is 0. The van der Waals surface area contributed by atoms with E-state index in [9.17, 15) is 5.26 Å². The third-order valence-corrected chi connectivity index (χ3v) is 8.53. The lowest BCUT2D eigenvalue weighted by atomic mass is 9.79. The van der Waals surface area contributed by atoms with Crippen LogP contribution in [0.5, 0.6) is 0 Å². The minimum Gasteiger partial charge on any atom is -0.377 e. The molecular formula is C30H32ClN7O. The van der Waals surface area contributed by atoms with Gasteiger partial charge in [-0.1, -0.05) is 61.7 Å². The van der Waals surface area contributed by atoms with Gasteiger partial charge in [-0.25, -0.2) is 4.98 Å². The Morgan fingerprint density at radius 2 is 1.87 bits per heavy atom. The molecule has 2 fully saturated rings. The van der Waals surface area contributed by atoms with Crippen LogP contribution in [0.1, 0.15) is 63.0 Å². The van der Waals surface area contributed by atoms with Crippen molar-refractivity contribution < 1.29 is 4.74 Å². The zero-order chi connectivity index (χ0) is 26.9. The van der Waals surface area contributed by atoms with Gasteiger partial charge in [0.25, 0.3) is 0 Å². The molecule has 1 saturated heterocycles. The summed E-state index contributed by atoms with van der Waals surface area (Å²) in [5.41, 5.74) is 3.88. The predicted octanol–water partition coefficient (Wildman–Crippen LogP) is 6.38. The van der Waals surface area contributed by atoms with Crippen LogP contribution in [0.3, 0.4) is 0 Å². The van der Waals surface area contributed by atoms with Crippen LogP contribution in [0, 0.1) is 23.2 Å². The van der Waals surface area contributed by atoms with Crippen molar-refractivity contribution in [3.63, 3.8) is 0 Å². The van der Waals surface area contributed by atoms with E-state index in [4.69, 9.17) is 26.3 Å². The number of anilines is 1. The highest BCUT2D eigenvalue weighted by Crippen LogP contribution is 2.42. The number of aromatic nitrogens is 5. The zero-order valence-corrected chi connectivity index (χ0v) is 23.1. The molecule has 9 heteroatoms. The maximum atomic E-state index is 9.80. The number of benzene rings is 1. The highest BCUT2D eigenvalue weighted by molar-refractivity contribution is 6.30. The number of fused-ring (bicyclic) bond motifs is 1. The summed E-state index contributed by atoms with van der Waals surface area (Å²) in [7, 11) is 0. The molecule has 0 N–H and O–H groups in total. The van der Waals surface area contributed by atoms with Crippen LogP contribution in [0.2, 0.25) is 5.02 Å². The molecular weight excluding hydrogens is 510 g/mol. The summed E-state index contributed by atoms with van der Waals surface area (Å²) in [6.45, 7) is 6.52. The number of ether oxygens (including phenoxy) is 1. The van der Waals surface area contributed by atoms with E-state index in [1.54, 1.807) is 12.4 Å². The second kappa shape index (κ2) is 10.9. The van der Waals surface area contributed by atoms with E-state index in [-0.39, 0.29) is 17.9 Å². The quantitative estimate of drug-likeness (QED) is 0.289. The van der Waals surface area contributed by atoms with Gasteiger partial charge < -0.3 is 14.2 Å². The SMILES string of the molecule is CC1CCC(C(C)n2c(N3CCOC[C@H]3c3ccccc3)nc3nc(C#N)nc(-c4cncc(Cl)c4)c32)CC1. The number of pyridine rings is 1. The van der Waals surface area contributed by atoms with E-state index < -0.39 is 0 Å². The van der Waals surface area contributed by atoms with E-state index in [1.807, 2.05) is 12.1 Å². The Morgan fingerprint density at radius 1 is 1.08 bits per heavy atom. The van der Waals surface area contributed by atoms with Crippen molar-refractivity contribution in [2.75, 3.05) is 24.7 Å². The Bertz CT molecular complexity index is 1510. The fourth-order valence-corrected chi connectivity index (χ4v) is 6.32. The second-order valence-electron chi connectivity index (χ2n) is 10.8. The van der Waals surface area contributed by atoms with E-state index in [0.717, 1.165) is 35.8 Å². The molecule has 200 valence electrons. The maximum Gasteiger partial charge on any atom is 0.234 e. The van der Waals surface area contributed by atoms with Crippen molar-refractivity contribution in [2.45, 2.75) is 51.6 Å². The summed E-state index contributed by atoms with van der Waals surface area (Å²) in [5, 5.41) is 10.3. The molecule has 0 amide bonds. The van der Waals surface area contributed by atoms with Crippen LogP contribution >= 0.6 is 11.6 Å². The minimum absolute atomic E-state index is 0.00812. The average Bonchev–Trinajstić information content (AvgIpc) is 3.36. The van der Waals surface area contributed by atoms with Gasteiger partial charge in [0.15, 0.2) is 5.65 Å².